The van der Waals surface area contributed by atoms with Crippen LogP contribution in [0.3, 0.4) is 0 Å². The summed E-state index contributed by atoms with van der Waals surface area (Å²) in [6, 6.07) is 26.4. The summed E-state index contributed by atoms with van der Waals surface area (Å²) < 4.78 is 17.1. The molecule has 0 spiro atoms. The van der Waals surface area contributed by atoms with Gasteiger partial charge in [0.05, 0.1) is 19.8 Å². The Morgan fingerprint density at radius 3 is 1.21 bits per heavy atom. The van der Waals surface area contributed by atoms with Crippen LogP contribution in [0.1, 0.15) is 232 Å². The normalized spacial score (nSPS) is 14.9. The Balaban J connectivity index is 0.000000281. The van der Waals surface area contributed by atoms with Crippen molar-refractivity contribution in [2.45, 2.75) is 226 Å². The van der Waals surface area contributed by atoms with Crippen LogP contribution < -0.4 is 9.47 Å². The van der Waals surface area contributed by atoms with Gasteiger partial charge in [-0.15, -0.1) is 0 Å². The van der Waals surface area contributed by atoms with Crippen LogP contribution in [0.2, 0.25) is 0 Å². The highest BCUT2D eigenvalue weighted by Gasteiger charge is 2.34. The van der Waals surface area contributed by atoms with E-state index in [-0.39, 0.29) is 23.2 Å². The van der Waals surface area contributed by atoms with E-state index in [9.17, 15) is 19.8 Å². The van der Waals surface area contributed by atoms with Crippen molar-refractivity contribution in [2.24, 2.45) is 0 Å². The fraction of sp³-hybridized carbons (Fsp3) is 0.559. The van der Waals surface area contributed by atoms with E-state index >= 15 is 0 Å². The van der Waals surface area contributed by atoms with Crippen LogP contribution in [0.5, 0.6) is 11.5 Å². The van der Waals surface area contributed by atoms with E-state index in [2.05, 4.69) is 152 Å². The molecule has 412 valence electrons. The maximum atomic E-state index is 11.5. The van der Waals surface area contributed by atoms with Crippen molar-refractivity contribution in [2.75, 3.05) is 19.8 Å². The monoisotopic (exact) mass is 1040 g/mol. The number of hydrogen-bond donors (Lipinski definition) is 3. The molecule has 2 aliphatic rings. The van der Waals surface area contributed by atoms with Crippen LogP contribution in [0, 0.1) is 51.4 Å². The molecule has 0 aliphatic heterocycles. The third-order valence-corrected chi connectivity index (χ3v) is 16.5. The molecule has 8 heteroatoms. The Labute approximate surface area is 458 Å². The zero-order valence-electron chi connectivity index (χ0n) is 48.0. The largest absolute Gasteiger partial charge is 0.493 e. The first-order valence-electron chi connectivity index (χ1n) is 29.1. The van der Waals surface area contributed by atoms with Gasteiger partial charge in [0.25, 0.3) is 0 Å². The Bertz CT molecular complexity index is 2620. The number of esters is 1. The van der Waals surface area contributed by atoms with Gasteiger partial charge in [0.1, 0.15) is 22.7 Å². The Morgan fingerprint density at radius 1 is 0.500 bits per heavy atom. The maximum absolute atomic E-state index is 11.5. The first-order chi connectivity index (χ1) is 36.5. The number of benzene rings is 4. The smallest absolute Gasteiger partial charge is 0.305 e. The van der Waals surface area contributed by atoms with Gasteiger partial charge in [0.2, 0.25) is 0 Å². The van der Waals surface area contributed by atoms with Crippen LogP contribution in [0.15, 0.2) is 72.8 Å². The Morgan fingerprint density at radius 2 is 0.868 bits per heavy atom. The molecule has 0 amide bonds. The number of carboxylic acids is 1. The highest BCUT2D eigenvalue weighted by molar-refractivity contribution is 5.69. The van der Waals surface area contributed by atoms with Gasteiger partial charge in [-0.05, 0) is 219 Å². The van der Waals surface area contributed by atoms with Gasteiger partial charge in [-0.25, -0.2) is 0 Å². The number of rotatable bonds is 23. The van der Waals surface area contributed by atoms with Gasteiger partial charge in [-0.1, -0.05) is 113 Å². The van der Waals surface area contributed by atoms with Crippen LogP contribution in [0.4, 0.5) is 0 Å². The summed E-state index contributed by atoms with van der Waals surface area (Å²) >= 11 is 0. The van der Waals surface area contributed by atoms with Gasteiger partial charge < -0.3 is 29.5 Å². The molecule has 0 saturated heterocycles. The summed E-state index contributed by atoms with van der Waals surface area (Å²) in [6.07, 6.45) is 19.5. The van der Waals surface area contributed by atoms with Crippen LogP contribution in [-0.4, -0.2) is 58.3 Å². The van der Waals surface area contributed by atoms with Gasteiger partial charge in [0, 0.05) is 34.8 Å². The number of carbonyl (C=O) groups is 2. The molecule has 0 atom stereocenters. The Hall–Kier alpha value is -5.54. The average molecular weight is 1040 g/mol. The molecule has 0 aromatic heterocycles. The molecule has 8 nitrogen and oxygen atoms in total. The number of ether oxygens (including phenoxy) is 3. The zero-order valence-corrected chi connectivity index (χ0v) is 48.0. The minimum atomic E-state index is -0.834. The molecule has 0 radical (unpaired) electrons. The minimum absolute atomic E-state index is 0.0886. The van der Waals surface area contributed by atoms with Gasteiger partial charge >= 0.3 is 11.9 Å². The summed E-state index contributed by atoms with van der Waals surface area (Å²) in [6.45, 7) is 21.0. The van der Waals surface area contributed by atoms with Crippen LogP contribution >= 0.6 is 0 Å². The molecule has 3 N–H and O–H groups in total. The first kappa shape index (κ1) is 61.3. The number of carboxylic acid groups (broad SMARTS) is 1. The van der Waals surface area contributed by atoms with E-state index < -0.39 is 17.2 Å². The number of hydrogen-bond acceptors (Lipinski definition) is 7. The summed E-state index contributed by atoms with van der Waals surface area (Å²) in [5.41, 5.74) is 9.91. The fourth-order valence-corrected chi connectivity index (χ4v) is 11.5. The molecule has 2 saturated carbocycles. The second-order valence-corrected chi connectivity index (χ2v) is 21.8. The maximum Gasteiger partial charge on any atom is 0.305 e. The van der Waals surface area contributed by atoms with E-state index in [4.69, 9.17) is 19.3 Å². The molecule has 2 fully saturated rings. The lowest BCUT2D eigenvalue weighted by Crippen LogP contribution is -2.29. The fourth-order valence-electron chi connectivity index (χ4n) is 11.5. The predicted molar refractivity (Wildman–Crippen MR) is 309 cm³/mol. The van der Waals surface area contributed by atoms with Crippen molar-refractivity contribution in [3.8, 4) is 35.2 Å². The van der Waals surface area contributed by atoms with Crippen molar-refractivity contribution < 1.29 is 39.1 Å². The van der Waals surface area contributed by atoms with Crippen LogP contribution in [-0.2, 0) is 25.2 Å². The second-order valence-electron chi connectivity index (χ2n) is 21.8. The molecule has 4 aromatic carbocycles. The lowest BCUT2D eigenvalue weighted by Gasteiger charge is -2.34. The number of aryl methyl sites for hydroxylation is 4. The van der Waals surface area contributed by atoms with Gasteiger partial charge in [-0.2, -0.15) is 0 Å². The quantitative estimate of drug-likeness (QED) is 0.0381. The standard InChI is InChI=1S/C35H48O4.C33H44O4/c1-6-35(7-2,30-17-16-29(27(4)25-30)20-23-34(37)21-12-10-13-22-34)31-18-19-32(28(5)26-31)39-24-14-9-11-15-33(36)38-8-3;1-5-33(6-2,29-16-17-30(26(4)24-29)37-22-12-7-9-13-31(34)35)28-15-14-27(25(3)23-28)18-21-32(36)19-10-8-11-20-32/h16-19,25-26,37H,6-15,21-22,24H2,1-5H3;14-17,23-24,36H,5-13,19-20,22H2,1-4H3,(H,34,35). The van der Waals surface area contributed by atoms with Crippen molar-refractivity contribution in [1.82, 2.24) is 0 Å². The lowest BCUT2D eigenvalue weighted by atomic mass is 9.70. The highest BCUT2D eigenvalue weighted by Crippen LogP contribution is 2.43. The molecule has 4 aromatic rings. The van der Waals surface area contributed by atoms with Crippen molar-refractivity contribution in [3.05, 3.63) is 128 Å². The first-order valence-corrected chi connectivity index (χ1v) is 29.1. The number of aliphatic hydroxyl groups is 2. The number of unbranched alkanes of at least 4 members (excludes halogenated alkanes) is 4. The topological polar surface area (TPSA) is 123 Å². The summed E-state index contributed by atoms with van der Waals surface area (Å²) in [4.78, 5) is 22.1. The molecule has 76 heavy (non-hydrogen) atoms. The zero-order chi connectivity index (χ0) is 55.2. The van der Waals surface area contributed by atoms with E-state index in [1.54, 1.807) is 0 Å². The van der Waals surface area contributed by atoms with E-state index in [0.29, 0.717) is 32.7 Å². The molecule has 0 unspecified atom stereocenters. The Kier molecular flexibility index (Phi) is 24.1. The molecular weight excluding hydrogens is 945 g/mol. The summed E-state index contributed by atoms with van der Waals surface area (Å²) in [5, 5.41) is 30.4. The van der Waals surface area contributed by atoms with Crippen molar-refractivity contribution in [3.63, 3.8) is 0 Å². The predicted octanol–water partition coefficient (Wildman–Crippen LogP) is 15.4. The molecule has 6 rings (SSSR count). The third kappa shape index (κ3) is 17.0. The number of carbonyl (C=O) groups excluding carboxylic acids is 1. The summed E-state index contributed by atoms with van der Waals surface area (Å²) in [7, 11) is 0. The van der Waals surface area contributed by atoms with Crippen molar-refractivity contribution >= 4 is 11.9 Å². The number of aliphatic carboxylic acids is 1. The summed E-state index contributed by atoms with van der Waals surface area (Å²) in [5.74, 6) is 13.9. The highest BCUT2D eigenvalue weighted by atomic mass is 16.5. The van der Waals surface area contributed by atoms with E-state index in [1.165, 1.54) is 35.1 Å². The lowest BCUT2D eigenvalue weighted by molar-refractivity contribution is -0.143. The molecule has 2 aliphatic carbocycles. The molecule has 0 bridgehead atoms. The molecular formula is C68H92O8. The average Bonchev–Trinajstić information content (AvgIpc) is 3.40. The third-order valence-electron chi connectivity index (χ3n) is 16.5. The van der Waals surface area contributed by atoms with E-state index in [1.807, 2.05) is 6.92 Å². The second kappa shape index (κ2) is 29.8. The van der Waals surface area contributed by atoms with E-state index in [0.717, 1.165) is 154 Å². The minimum Gasteiger partial charge on any atom is -0.493 e. The van der Waals surface area contributed by atoms with Gasteiger partial charge in [0.15, 0.2) is 0 Å². The molecule has 0 heterocycles. The van der Waals surface area contributed by atoms with Gasteiger partial charge in [-0.3, -0.25) is 9.59 Å². The SMILES string of the molecule is CCC(CC)(c1ccc(C#CC2(O)CCCCC2)c(C)c1)c1ccc(OCCCCCC(=O)O)c(C)c1.CCOC(=O)CCCCCOc1ccc(C(CC)(CC)c2ccc(C#CC3(O)CCCCC3)c(C)c2)cc1C. The van der Waals surface area contributed by atoms with Crippen LogP contribution in [0.25, 0.3) is 0 Å². The van der Waals surface area contributed by atoms with Crippen molar-refractivity contribution in [1.29, 1.82) is 0 Å².